The third kappa shape index (κ3) is 4.38. The van der Waals surface area contributed by atoms with E-state index in [1.54, 1.807) is 19.2 Å². The number of nitrogens with one attached hydrogen (secondary N) is 1. The van der Waals surface area contributed by atoms with Crippen molar-refractivity contribution >= 4 is 21.8 Å². The topological polar surface area (TPSA) is 38.3 Å². The fourth-order valence-corrected chi connectivity index (χ4v) is 1.70. The Hall–Kier alpha value is -1.03. The molecule has 1 aromatic rings. The zero-order chi connectivity index (χ0) is 12.7. The summed E-state index contributed by atoms with van der Waals surface area (Å²) in [6, 6.07) is 7.23. The summed E-state index contributed by atoms with van der Waals surface area (Å²) in [5.41, 5.74) is 0.581. The predicted octanol–water partition coefficient (Wildman–Crippen LogP) is 2.99. The maximum absolute atomic E-state index is 11.9. The van der Waals surface area contributed by atoms with Crippen LogP contribution in [0.4, 0.5) is 0 Å². The number of halogens is 1. The Bertz CT molecular complexity index is 368. The molecule has 0 fully saturated rings. The van der Waals surface area contributed by atoms with E-state index in [9.17, 15) is 4.79 Å². The molecule has 1 atom stereocenters. The highest BCUT2D eigenvalue weighted by molar-refractivity contribution is 9.09. The fourth-order valence-electron chi connectivity index (χ4n) is 1.47. The number of hydrogen-bond acceptors (Lipinski definition) is 2. The predicted molar refractivity (Wildman–Crippen MR) is 73.0 cm³/mol. The van der Waals surface area contributed by atoms with E-state index in [4.69, 9.17) is 4.74 Å². The van der Waals surface area contributed by atoms with Crippen molar-refractivity contribution in [2.24, 2.45) is 0 Å². The molecule has 1 amide bonds. The van der Waals surface area contributed by atoms with E-state index in [2.05, 4.69) is 28.2 Å². The molecule has 3 nitrogen and oxygen atoms in total. The van der Waals surface area contributed by atoms with Gasteiger partial charge in [0.2, 0.25) is 0 Å². The molecule has 0 saturated carbocycles. The molecule has 1 rings (SSSR count). The van der Waals surface area contributed by atoms with Crippen LogP contribution in [-0.2, 0) is 0 Å². The van der Waals surface area contributed by atoms with Crippen LogP contribution in [0.2, 0.25) is 0 Å². The molecule has 0 radical (unpaired) electrons. The van der Waals surface area contributed by atoms with E-state index < -0.39 is 0 Å². The lowest BCUT2D eigenvalue weighted by molar-refractivity contribution is 0.0950. The Labute approximate surface area is 111 Å². The van der Waals surface area contributed by atoms with Gasteiger partial charge in [0.1, 0.15) is 5.75 Å². The molecule has 1 aromatic carbocycles. The molecule has 0 aromatic heterocycles. The molecule has 0 spiro atoms. The van der Waals surface area contributed by atoms with E-state index in [0.29, 0.717) is 22.7 Å². The first-order valence-corrected chi connectivity index (χ1v) is 6.65. The maximum Gasteiger partial charge on any atom is 0.255 e. The van der Waals surface area contributed by atoms with Gasteiger partial charge in [0.15, 0.2) is 0 Å². The van der Waals surface area contributed by atoms with Gasteiger partial charge in [0.05, 0.1) is 12.7 Å². The van der Waals surface area contributed by atoms with Gasteiger partial charge >= 0.3 is 0 Å². The molecule has 1 unspecified atom stereocenters. The van der Waals surface area contributed by atoms with Crippen LogP contribution in [0.3, 0.4) is 0 Å². The molecule has 0 aliphatic heterocycles. The first-order valence-electron chi connectivity index (χ1n) is 5.74. The Morgan fingerprint density at radius 2 is 2.18 bits per heavy atom. The highest BCUT2D eigenvalue weighted by Gasteiger charge is 2.11. The lowest BCUT2D eigenvalue weighted by Gasteiger charge is -2.10. The first kappa shape index (κ1) is 14.0. The number of benzene rings is 1. The van der Waals surface area contributed by atoms with Crippen molar-refractivity contribution < 1.29 is 9.53 Å². The summed E-state index contributed by atoms with van der Waals surface area (Å²) in [6.45, 7) is 2.78. The Morgan fingerprint density at radius 1 is 1.47 bits per heavy atom. The number of ether oxygens (including phenoxy) is 1. The number of methoxy groups -OCH3 is 1. The van der Waals surface area contributed by atoms with E-state index in [0.717, 1.165) is 12.8 Å². The third-order valence-corrected chi connectivity index (χ3v) is 3.64. The van der Waals surface area contributed by atoms with E-state index >= 15 is 0 Å². The number of alkyl halides is 1. The molecule has 94 valence electrons. The number of para-hydroxylation sites is 1. The van der Waals surface area contributed by atoms with Crippen LogP contribution in [0.25, 0.3) is 0 Å². The van der Waals surface area contributed by atoms with Gasteiger partial charge in [-0.15, -0.1) is 0 Å². The number of amides is 1. The number of rotatable bonds is 6. The smallest absolute Gasteiger partial charge is 0.255 e. The SMILES string of the molecule is CCC(Br)CCNC(=O)c1ccccc1OC. The van der Waals surface area contributed by atoms with Gasteiger partial charge < -0.3 is 10.1 Å². The van der Waals surface area contributed by atoms with Crippen molar-refractivity contribution in [1.82, 2.24) is 5.32 Å². The van der Waals surface area contributed by atoms with E-state index in [-0.39, 0.29) is 5.91 Å². The van der Waals surface area contributed by atoms with Crippen molar-refractivity contribution in [3.8, 4) is 5.75 Å². The number of carbonyl (C=O) groups is 1. The fraction of sp³-hybridized carbons (Fsp3) is 0.462. The lowest BCUT2D eigenvalue weighted by atomic mass is 10.2. The molecule has 17 heavy (non-hydrogen) atoms. The van der Waals surface area contributed by atoms with Gasteiger partial charge in [-0.05, 0) is 25.0 Å². The van der Waals surface area contributed by atoms with E-state index in [1.165, 1.54) is 0 Å². The first-order chi connectivity index (χ1) is 8.19. The van der Waals surface area contributed by atoms with Crippen LogP contribution in [0.1, 0.15) is 30.1 Å². The summed E-state index contributed by atoms with van der Waals surface area (Å²) in [4.78, 5) is 12.3. The van der Waals surface area contributed by atoms with Gasteiger partial charge in [-0.3, -0.25) is 4.79 Å². The molecule has 4 heteroatoms. The van der Waals surface area contributed by atoms with Crippen LogP contribution in [0.5, 0.6) is 5.75 Å². The summed E-state index contributed by atoms with van der Waals surface area (Å²) < 4.78 is 5.14. The second-order valence-corrected chi connectivity index (χ2v) is 5.05. The van der Waals surface area contributed by atoms with Crippen molar-refractivity contribution in [3.05, 3.63) is 29.8 Å². The van der Waals surface area contributed by atoms with Crippen LogP contribution < -0.4 is 10.1 Å². The zero-order valence-corrected chi connectivity index (χ0v) is 11.8. The van der Waals surface area contributed by atoms with Crippen molar-refractivity contribution in [3.63, 3.8) is 0 Å². The third-order valence-electron chi connectivity index (χ3n) is 2.54. The summed E-state index contributed by atoms with van der Waals surface area (Å²) in [5.74, 6) is 0.522. The molecular formula is C13H18BrNO2. The molecule has 0 aliphatic rings. The molecule has 0 saturated heterocycles. The average molecular weight is 300 g/mol. The van der Waals surface area contributed by atoms with E-state index in [1.807, 2.05) is 12.1 Å². The van der Waals surface area contributed by atoms with Crippen LogP contribution >= 0.6 is 15.9 Å². The van der Waals surface area contributed by atoms with Crippen molar-refractivity contribution in [1.29, 1.82) is 0 Å². The summed E-state index contributed by atoms with van der Waals surface area (Å²) >= 11 is 3.54. The second kappa shape index (κ2) is 7.33. The summed E-state index contributed by atoms with van der Waals surface area (Å²) in [7, 11) is 1.57. The minimum Gasteiger partial charge on any atom is -0.496 e. The van der Waals surface area contributed by atoms with Gasteiger partial charge in [-0.2, -0.15) is 0 Å². The number of carbonyl (C=O) groups excluding carboxylic acids is 1. The molecule has 0 aliphatic carbocycles. The van der Waals surface area contributed by atoms with Crippen LogP contribution in [0, 0.1) is 0 Å². The highest BCUT2D eigenvalue weighted by atomic mass is 79.9. The van der Waals surface area contributed by atoms with Gasteiger partial charge in [0.25, 0.3) is 5.91 Å². The quantitative estimate of drug-likeness (QED) is 0.820. The monoisotopic (exact) mass is 299 g/mol. The Kier molecular flexibility index (Phi) is 6.05. The molecule has 0 bridgehead atoms. The van der Waals surface area contributed by atoms with Gasteiger partial charge in [0, 0.05) is 11.4 Å². The number of hydrogen-bond donors (Lipinski definition) is 1. The summed E-state index contributed by atoms with van der Waals surface area (Å²) in [6.07, 6.45) is 1.99. The largest absolute Gasteiger partial charge is 0.496 e. The second-order valence-electron chi connectivity index (χ2n) is 3.75. The minimum absolute atomic E-state index is 0.0850. The Morgan fingerprint density at radius 3 is 2.82 bits per heavy atom. The van der Waals surface area contributed by atoms with Crippen LogP contribution in [0.15, 0.2) is 24.3 Å². The molecular weight excluding hydrogens is 282 g/mol. The van der Waals surface area contributed by atoms with Gasteiger partial charge in [-0.1, -0.05) is 35.0 Å². The standard InChI is InChI=1S/C13H18BrNO2/c1-3-10(14)8-9-15-13(16)11-6-4-5-7-12(11)17-2/h4-7,10H,3,8-9H2,1-2H3,(H,15,16). The summed E-state index contributed by atoms with van der Waals surface area (Å²) in [5, 5.41) is 2.89. The average Bonchev–Trinajstić information content (AvgIpc) is 2.38. The molecule has 1 N–H and O–H groups in total. The van der Waals surface area contributed by atoms with Crippen molar-refractivity contribution in [2.75, 3.05) is 13.7 Å². The normalized spacial score (nSPS) is 11.9. The Balaban J connectivity index is 2.52. The maximum atomic E-state index is 11.9. The highest BCUT2D eigenvalue weighted by Crippen LogP contribution is 2.17. The van der Waals surface area contributed by atoms with Gasteiger partial charge in [-0.25, -0.2) is 0 Å². The van der Waals surface area contributed by atoms with Crippen LogP contribution in [-0.4, -0.2) is 24.4 Å². The molecule has 0 heterocycles. The lowest BCUT2D eigenvalue weighted by Crippen LogP contribution is -2.26. The zero-order valence-electron chi connectivity index (χ0n) is 10.2. The van der Waals surface area contributed by atoms with Crippen molar-refractivity contribution in [2.45, 2.75) is 24.6 Å². The minimum atomic E-state index is -0.0850.